The van der Waals surface area contributed by atoms with Crippen molar-refractivity contribution in [2.24, 2.45) is 17.8 Å². The van der Waals surface area contributed by atoms with Crippen LogP contribution in [0.3, 0.4) is 0 Å². The second-order valence-corrected chi connectivity index (χ2v) is 7.49. The van der Waals surface area contributed by atoms with E-state index in [1.165, 1.54) is 25.7 Å². The van der Waals surface area contributed by atoms with Crippen molar-refractivity contribution in [2.75, 3.05) is 59.1 Å². The van der Waals surface area contributed by atoms with Crippen molar-refractivity contribution in [1.29, 1.82) is 0 Å². The quantitative estimate of drug-likeness (QED) is 0.680. The normalized spacial score (nSPS) is 34.4. The Morgan fingerprint density at radius 1 is 1.05 bits per heavy atom. The van der Waals surface area contributed by atoms with Crippen molar-refractivity contribution in [3.05, 3.63) is 0 Å². The molecule has 1 aliphatic heterocycles. The van der Waals surface area contributed by atoms with Crippen LogP contribution in [0.1, 0.15) is 25.7 Å². The highest BCUT2D eigenvalue weighted by molar-refractivity contribution is 4.89. The van der Waals surface area contributed by atoms with Crippen molar-refractivity contribution < 1.29 is 14.9 Å². The summed E-state index contributed by atoms with van der Waals surface area (Å²) in [5.41, 5.74) is 0. The number of ether oxygens (including phenoxy) is 1. The van der Waals surface area contributed by atoms with Gasteiger partial charge in [-0.1, -0.05) is 6.42 Å². The van der Waals surface area contributed by atoms with Gasteiger partial charge in [-0.15, -0.1) is 0 Å². The van der Waals surface area contributed by atoms with E-state index in [2.05, 4.69) is 9.80 Å². The van der Waals surface area contributed by atoms with Crippen LogP contribution in [0.25, 0.3) is 0 Å². The molecule has 0 unspecified atom stereocenters. The van der Waals surface area contributed by atoms with Gasteiger partial charge in [0.25, 0.3) is 0 Å². The van der Waals surface area contributed by atoms with Gasteiger partial charge in [-0.2, -0.15) is 0 Å². The van der Waals surface area contributed by atoms with Gasteiger partial charge >= 0.3 is 0 Å². The molecular weight excluding hydrogens is 280 g/mol. The molecule has 5 nitrogen and oxygen atoms in total. The Morgan fingerprint density at radius 3 is 2.45 bits per heavy atom. The van der Waals surface area contributed by atoms with E-state index in [1.807, 2.05) is 0 Å². The van der Waals surface area contributed by atoms with Crippen molar-refractivity contribution in [3.63, 3.8) is 0 Å². The number of hydrogen-bond acceptors (Lipinski definition) is 5. The average Bonchev–Trinajstić information content (AvgIpc) is 3.12. The van der Waals surface area contributed by atoms with Crippen LogP contribution < -0.4 is 0 Å². The van der Waals surface area contributed by atoms with Gasteiger partial charge in [0.2, 0.25) is 0 Å². The fourth-order valence-electron chi connectivity index (χ4n) is 4.62. The molecule has 2 bridgehead atoms. The second kappa shape index (κ2) is 8.06. The van der Waals surface area contributed by atoms with Crippen LogP contribution in [0.15, 0.2) is 0 Å². The maximum atomic E-state index is 10.2. The Morgan fingerprint density at radius 2 is 1.82 bits per heavy atom. The lowest BCUT2D eigenvalue weighted by Crippen LogP contribution is -2.49. The molecule has 0 spiro atoms. The molecule has 3 rings (SSSR count). The highest BCUT2D eigenvalue weighted by Gasteiger charge is 2.39. The minimum Gasteiger partial charge on any atom is -0.395 e. The molecule has 0 aromatic heterocycles. The van der Waals surface area contributed by atoms with Gasteiger partial charge in [0.1, 0.15) is 0 Å². The lowest BCUT2D eigenvalue weighted by molar-refractivity contribution is -0.00919. The molecule has 4 atom stereocenters. The molecule has 2 saturated carbocycles. The molecule has 1 heterocycles. The fourth-order valence-corrected chi connectivity index (χ4v) is 4.62. The molecule has 0 aromatic carbocycles. The first kappa shape index (κ1) is 16.7. The summed E-state index contributed by atoms with van der Waals surface area (Å²) in [5, 5.41) is 19.1. The Balaban J connectivity index is 1.26. The number of hydrogen-bond donors (Lipinski definition) is 2. The smallest absolute Gasteiger partial charge is 0.0900 e. The topological polar surface area (TPSA) is 56.2 Å². The van der Waals surface area contributed by atoms with Crippen molar-refractivity contribution >= 4 is 0 Å². The summed E-state index contributed by atoms with van der Waals surface area (Å²) < 4.78 is 5.81. The van der Waals surface area contributed by atoms with E-state index in [-0.39, 0.29) is 12.7 Å². The molecule has 128 valence electrons. The zero-order valence-electron chi connectivity index (χ0n) is 13.7. The molecule has 0 amide bonds. The molecule has 5 heteroatoms. The Bertz CT molecular complexity index is 334. The number of β-amino-alcohol motifs (C(OH)–C–C–N with tert-alkyl or cyclic N) is 2. The van der Waals surface area contributed by atoms with E-state index >= 15 is 0 Å². The fraction of sp³-hybridized carbons (Fsp3) is 1.00. The number of piperazine rings is 1. The van der Waals surface area contributed by atoms with Crippen LogP contribution in [0.5, 0.6) is 0 Å². The van der Waals surface area contributed by atoms with Crippen LogP contribution in [-0.2, 0) is 4.74 Å². The number of rotatable bonds is 8. The van der Waals surface area contributed by atoms with E-state index in [0.717, 1.165) is 57.1 Å². The lowest BCUT2D eigenvalue weighted by Gasteiger charge is -2.35. The molecule has 2 N–H and O–H groups in total. The summed E-state index contributed by atoms with van der Waals surface area (Å²) in [7, 11) is 0. The molecule has 3 aliphatic rings. The summed E-state index contributed by atoms with van der Waals surface area (Å²) in [4.78, 5) is 4.58. The molecule has 3 fully saturated rings. The summed E-state index contributed by atoms with van der Waals surface area (Å²) >= 11 is 0. The standard InChI is InChI=1S/C17H32N2O3/c20-8-7-18-3-5-19(6-4-18)11-17(21)13-22-12-16-10-14-1-2-15(16)9-14/h14-17,20-21H,1-13H2/t14-,15+,16+,17+/m0/s1. The molecule has 1 saturated heterocycles. The minimum atomic E-state index is -0.372. The maximum absolute atomic E-state index is 10.2. The number of aliphatic hydroxyl groups excluding tert-OH is 2. The van der Waals surface area contributed by atoms with E-state index in [4.69, 9.17) is 9.84 Å². The predicted octanol–water partition coefficient (Wildman–Crippen LogP) is 0.410. The van der Waals surface area contributed by atoms with Crippen LogP contribution in [-0.4, -0.2) is 85.2 Å². The van der Waals surface area contributed by atoms with Crippen molar-refractivity contribution in [3.8, 4) is 0 Å². The number of fused-ring (bicyclic) bond motifs is 2. The van der Waals surface area contributed by atoms with Gasteiger partial charge in [0.05, 0.1) is 19.3 Å². The molecular formula is C17H32N2O3. The van der Waals surface area contributed by atoms with Crippen LogP contribution in [0, 0.1) is 17.8 Å². The monoisotopic (exact) mass is 312 g/mol. The first-order valence-electron chi connectivity index (χ1n) is 9.06. The lowest BCUT2D eigenvalue weighted by atomic mass is 9.90. The largest absolute Gasteiger partial charge is 0.395 e. The SMILES string of the molecule is OCCN1CCN(C[C@@H](O)COC[C@H]2C[C@H]3CC[C@@H]2C3)CC1. The van der Waals surface area contributed by atoms with Gasteiger partial charge in [-0.25, -0.2) is 0 Å². The van der Waals surface area contributed by atoms with Gasteiger partial charge in [-0.3, -0.25) is 9.80 Å². The Kier molecular flexibility index (Phi) is 6.10. The second-order valence-electron chi connectivity index (χ2n) is 7.49. The van der Waals surface area contributed by atoms with Crippen LogP contribution >= 0.6 is 0 Å². The summed E-state index contributed by atoms with van der Waals surface area (Å²) in [6.45, 7) is 6.96. The van der Waals surface area contributed by atoms with Gasteiger partial charge in [0.15, 0.2) is 0 Å². The van der Waals surface area contributed by atoms with Crippen LogP contribution in [0.2, 0.25) is 0 Å². The van der Waals surface area contributed by atoms with E-state index < -0.39 is 0 Å². The van der Waals surface area contributed by atoms with E-state index in [9.17, 15) is 5.11 Å². The number of aliphatic hydroxyl groups is 2. The molecule has 22 heavy (non-hydrogen) atoms. The molecule has 2 aliphatic carbocycles. The third-order valence-electron chi connectivity index (χ3n) is 5.88. The first-order valence-corrected chi connectivity index (χ1v) is 9.06. The Hall–Kier alpha value is -0.200. The van der Waals surface area contributed by atoms with Crippen molar-refractivity contribution in [2.45, 2.75) is 31.8 Å². The summed E-state index contributed by atoms with van der Waals surface area (Å²) in [5.74, 6) is 2.63. The highest BCUT2D eigenvalue weighted by atomic mass is 16.5. The Labute approximate surface area is 134 Å². The van der Waals surface area contributed by atoms with Gasteiger partial charge < -0.3 is 14.9 Å². The van der Waals surface area contributed by atoms with E-state index in [0.29, 0.717) is 13.2 Å². The molecule has 0 aromatic rings. The third kappa shape index (κ3) is 4.42. The average molecular weight is 312 g/mol. The molecule has 0 radical (unpaired) electrons. The van der Waals surface area contributed by atoms with Gasteiger partial charge in [-0.05, 0) is 37.0 Å². The van der Waals surface area contributed by atoms with Crippen molar-refractivity contribution in [1.82, 2.24) is 9.80 Å². The first-order chi connectivity index (χ1) is 10.7. The zero-order chi connectivity index (χ0) is 15.4. The minimum absolute atomic E-state index is 0.236. The maximum Gasteiger partial charge on any atom is 0.0900 e. The highest BCUT2D eigenvalue weighted by Crippen LogP contribution is 2.48. The van der Waals surface area contributed by atoms with Gasteiger partial charge in [0, 0.05) is 45.9 Å². The number of nitrogens with zero attached hydrogens (tertiary/aromatic N) is 2. The van der Waals surface area contributed by atoms with E-state index in [1.54, 1.807) is 0 Å². The summed E-state index contributed by atoms with van der Waals surface area (Å²) in [6.07, 6.45) is 5.25. The van der Waals surface area contributed by atoms with Crippen LogP contribution in [0.4, 0.5) is 0 Å². The third-order valence-corrected chi connectivity index (χ3v) is 5.88. The zero-order valence-corrected chi connectivity index (χ0v) is 13.7. The summed E-state index contributed by atoms with van der Waals surface area (Å²) in [6, 6.07) is 0. The predicted molar refractivity (Wildman–Crippen MR) is 85.7 cm³/mol.